The van der Waals surface area contributed by atoms with Crippen molar-refractivity contribution in [3.8, 4) is 5.75 Å². The summed E-state index contributed by atoms with van der Waals surface area (Å²) in [5.74, 6) is -2.57. The average Bonchev–Trinajstić information content (AvgIpc) is 2.72. The van der Waals surface area contributed by atoms with Crippen LogP contribution in [0.2, 0.25) is 0 Å². The number of methoxy groups -OCH3 is 1. The van der Waals surface area contributed by atoms with E-state index in [2.05, 4.69) is 15.4 Å². The molecule has 0 aliphatic carbocycles. The number of sulfonamides is 1. The maximum Gasteiger partial charge on any atom is 0.341 e. The Bertz CT molecular complexity index is 1080. The van der Waals surface area contributed by atoms with Crippen LogP contribution in [0.4, 0.5) is 5.69 Å². The predicted molar refractivity (Wildman–Crippen MR) is 108 cm³/mol. The van der Waals surface area contributed by atoms with Crippen LogP contribution in [-0.2, 0) is 19.6 Å². The highest BCUT2D eigenvalue weighted by Gasteiger charge is 2.19. The molecule has 3 N–H and O–H groups in total. The molecule has 160 valence electrons. The quantitative estimate of drug-likeness (QED) is 0.431. The van der Waals surface area contributed by atoms with Crippen molar-refractivity contribution in [1.29, 1.82) is 0 Å². The first kappa shape index (κ1) is 22.8. The van der Waals surface area contributed by atoms with Crippen LogP contribution in [0.1, 0.15) is 20.7 Å². The number of phenols is 1. The van der Waals surface area contributed by atoms with E-state index < -0.39 is 40.1 Å². The Labute approximate surface area is 173 Å². The number of nitrogens with one attached hydrogen (secondary N) is 2. The number of phenolic OH excluding ortho intramolecular Hbond substituents is 1. The van der Waals surface area contributed by atoms with Crippen LogP contribution in [0.25, 0.3) is 0 Å². The van der Waals surface area contributed by atoms with Crippen LogP contribution < -0.4 is 10.6 Å². The van der Waals surface area contributed by atoms with Gasteiger partial charge in [0.15, 0.2) is 5.75 Å². The van der Waals surface area contributed by atoms with E-state index in [1.807, 2.05) is 0 Å². The standard InChI is InChI=1S/C19H21N3O7S/c1-22(2)30(27,28)13-7-4-6-12(10-13)18(25)20-11-16(23)21-15-9-5-8-14(17(15)24)19(26)29-3/h4-10,24H,11H2,1-3H3,(H,20,25)(H,21,23). The lowest BCUT2D eigenvalue weighted by molar-refractivity contribution is -0.115. The molecule has 0 aliphatic rings. The summed E-state index contributed by atoms with van der Waals surface area (Å²) in [4.78, 5) is 35.9. The molecule has 11 heteroatoms. The third-order valence-electron chi connectivity index (χ3n) is 4.00. The minimum absolute atomic E-state index is 0.0313. The SMILES string of the molecule is COC(=O)c1cccc(NC(=O)CNC(=O)c2cccc(S(=O)(=O)N(C)C)c2)c1O. The summed E-state index contributed by atoms with van der Waals surface area (Å²) in [6.07, 6.45) is 0. The molecule has 0 bridgehead atoms. The second-order valence-corrected chi connectivity index (χ2v) is 8.39. The molecule has 10 nitrogen and oxygen atoms in total. The monoisotopic (exact) mass is 435 g/mol. The van der Waals surface area contributed by atoms with Gasteiger partial charge in [-0.05, 0) is 30.3 Å². The third-order valence-corrected chi connectivity index (χ3v) is 5.81. The fourth-order valence-electron chi connectivity index (χ4n) is 2.38. The van der Waals surface area contributed by atoms with E-state index in [0.29, 0.717) is 0 Å². The van der Waals surface area contributed by atoms with Gasteiger partial charge in [-0.25, -0.2) is 17.5 Å². The number of para-hydroxylation sites is 1. The second kappa shape index (κ2) is 9.37. The molecular weight excluding hydrogens is 414 g/mol. The van der Waals surface area contributed by atoms with Crippen molar-refractivity contribution in [2.75, 3.05) is 33.1 Å². The Morgan fingerprint density at radius 2 is 1.77 bits per heavy atom. The number of anilines is 1. The number of carbonyl (C=O) groups excluding carboxylic acids is 3. The number of esters is 1. The molecule has 30 heavy (non-hydrogen) atoms. The van der Waals surface area contributed by atoms with Crippen molar-refractivity contribution in [2.45, 2.75) is 4.90 Å². The molecule has 0 spiro atoms. The second-order valence-electron chi connectivity index (χ2n) is 6.24. The number of nitrogens with zero attached hydrogens (tertiary/aromatic N) is 1. The summed E-state index contributed by atoms with van der Waals surface area (Å²) in [6.45, 7) is -0.453. The van der Waals surface area contributed by atoms with Gasteiger partial charge in [-0.2, -0.15) is 0 Å². The number of amides is 2. The average molecular weight is 435 g/mol. The van der Waals surface area contributed by atoms with Gasteiger partial charge in [0.1, 0.15) is 5.56 Å². The number of aromatic hydroxyl groups is 1. The van der Waals surface area contributed by atoms with Crippen LogP contribution in [0, 0.1) is 0 Å². The fraction of sp³-hybridized carbons (Fsp3) is 0.211. The maximum absolute atomic E-state index is 12.3. The Kier molecular flexibility index (Phi) is 7.14. The zero-order chi connectivity index (χ0) is 22.5. The normalized spacial score (nSPS) is 11.1. The van der Waals surface area contributed by atoms with E-state index in [-0.39, 0.29) is 21.7 Å². The van der Waals surface area contributed by atoms with E-state index in [0.717, 1.165) is 11.4 Å². The van der Waals surface area contributed by atoms with Crippen LogP contribution >= 0.6 is 0 Å². The number of benzene rings is 2. The van der Waals surface area contributed by atoms with Crippen LogP contribution in [0.5, 0.6) is 5.75 Å². The third kappa shape index (κ3) is 5.13. The molecular formula is C19H21N3O7S. The summed E-state index contributed by atoms with van der Waals surface area (Å²) in [7, 11) is 0.184. The topological polar surface area (TPSA) is 142 Å². The van der Waals surface area contributed by atoms with Crippen LogP contribution in [0.3, 0.4) is 0 Å². The minimum atomic E-state index is -3.71. The summed E-state index contributed by atoms with van der Waals surface area (Å²) >= 11 is 0. The first-order valence-corrected chi connectivity index (χ1v) is 10.0. The minimum Gasteiger partial charge on any atom is -0.505 e. The number of ether oxygens (including phenoxy) is 1. The van der Waals surface area contributed by atoms with Gasteiger partial charge in [0.2, 0.25) is 15.9 Å². The van der Waals surface area contributed by atoms with Crippen molar-refractivity contribution in [3.05, 3.63) is 53.6 Å². The molecule has 0 saturated carbocycles. The van der Waals surface area contributed by atoms with Crippen molar-refractivity contribution < 1.29 is 32.6 Å². The van der Waals surface area contributed by atoms with E-state index in [1.54, 1.807) is 0 Å². The highest BCUT2D eigenvalue weighted by molar-refractivity contribution is 7.89. The molecule has 0 radical (unpaired) electrons. The molecule has 0 fully saturated rings. The van der Waals surface area contributed by atoms with Gasteiger partial charge in [0.25, 0.3) is 5.91 Å². The van der Waals surface area contributed by atoms with Crippen LogP contribution in [-0.4, -0.2) is 63.4 Å². The number of hydrogen-bond acceptors (Lipinski definition) is 7. The Morgan fingerprint density at radius 1 is 1.10 bits per heavy atom. The van der Waals surface area contributed by atoms with E-state index in [1.165, 1.54) is 56.6 Å². The molecule has 0 unspecified atom stereocenters. The van der Waals surface area contributed by atoms with E-state index in [9.17, 15) is 27.9 Å². The van der Waals surface area contributed by atoms with Gasteiger partial charge >= 0.3 is 5.97 Å². The molecule has 2 aromatic rings. The molecule has 0 atom stereocenters. The van der Waals surface area contributed by atoms with Gasteiger partial charge in [-0.3, -0.25) is 9.59 Å². The largest absolute Gasteiger partial charge is 0.505 e. The van der Waals surface area contributed by atoms with Crippen molar-refractivity contribution in [1.82, 2.24) is 9.62 Å². The Morgan fingerprint density at radius 3 is 2.40 bits per heavy atom. The lowest BCUT2D eigenvalue weighted by atomic mass is 10.1. The first-order valence-electron chi connectivity index (χ1n) is 8.59. The van der Waals surface area contributed by atoms with Gasteiger partial charge in [-0.1, -0.05) is 12.1 Å². The zero-order valence-corrected chi connectivity index (χ0v) is 17.3. The molecule has 0 aliphatic heterocycles. The summed E-state index contributed by atoms with van der Waals surface area (Å²) in [6, 6.07) is 9.53. The Hall–Kier alpha value is -3.44. The molecule has 2 rings (SSSR count). The van der Waals surface area contributed by atoms with Crippen LogP contribution in [0.15, 0.2) is 47.4 Å². The molecule has 0 aromatic heterocycles. The highest BCUT2D eigenvalue weighted by atomic mass is 32.2. The highest BCUT2D eigenvalue weighted by Crippen LogP contribution is 2.27. The van der Waals surface area contributed by atoms with E-state index in [4.69, 9.17) is 0 Å². The lowest BCUT2D eigenvalue weighted by Gasteiger charge is -2.12. The maximum atomic E-state index is 12.3. The first-order chi connectivity index (χ1) is 14.1. The number of carbonyl (C=O) groups is 3. The summed E-state index contributed by atoms with van der Waals surface area (Å²) in [5.41, 5.74) is -0.101. The van der Waals surface area contributed by atoms with Gasteiger partial charge < -0.3 is 20.5 Å². The molecule has 2 aromatic carbocycles. The van der Waals surface area contributed by atoms with Gasteiger partial charge in [0.05, 0.1) is 24.2 Å². The van der Waals surface area contributed by atoms with Crippen molar-refractivity contribution >= 4 is 33.5 Å². The van der Waals surface area contributed by atoms with Crippen molar-refractivity contribution in [2.24, 2.45) is 0 Å². The number of rotatable bonds is 7. The van der Waals surface area contributed by atoms with Gasteiger partial charge in [0, 0.05) is 19.7 Å². The molecule has 2 amide bonds. The smallest absolute Gasteiger partial charge is 0.341 e. The van der Waals surface area contributed by atoms with Crippen molar-refractivity contribution in [3.63, 3.8) is 0 Å². The Balaban J connectivity index is 2.06. The van der Waals surface area contributed by atoms with Gasteiger partial charge in [-0.15, -0.1) is 0 Å². The summed E-state index contributed by atoms with van der Waals surface area (Å²) < 4.78 is 29.9. The van der Waals surface area contributed by atoms with E-state index >= 15 is 0 Å². The molecule has 0 saturated heterocycles. The lowest BCUT2D eigenvalue weighted by Crippen LogP contribution is -2.33. The fourth-order valence-corrected chi connectivity index (χ4v) is 3.33. The zero-order valence-electron chi connectivity index (χ0n) is 16.5. The number of hydrogen-bond donors (Lipinski definition) is 3. The summed E-state index contributed by atoms with van der Waals surface area (Å²) in [5, 5.41) is 14.8. The molecule has 0 heterocycles. The predicted octanol–water partition coefficient (Wildman–Crippen LogP) is 0.798.